The van der Waals surface area contributed by atoms with E-state index in [2.05, 4.69) is 39.0 Å². The lowest BCUT2D eigenvalue weighted by Gasteiger charge is -2.66. The van der Waals surface area contributed by atoms with E-state index in [0.717, 1.165) is 31.3 Å². The van der Waals surface area contributed by atoms with Crippen molar-refractivity contribution in [3.8, 4) is 0 Å². The average Bonchev–Trinajstić information content (AvgIpc) is 3.29. The van der Waals surface area contributed by atoms with Crippen molar-refractivity contribution in [2.75, 3.05) is 13.7 Å². The van der Waals surface area contributed by atoms with Gasteiger partial charge in [-0.05, 0) is 87.4 Å². The van der Waals surface area contributed by atoms with Gasteiger partial charge in [0, 0.05) is 23.9 Å². The number of rotatable bonds is 9. The van der Waals surface area contributed by atoms with E-state index >= 15 is 0 Å². The van der Waals surface area contributed by atoms with Crippen LogP contribution in [0.25, 0.3) is 0 Å². The van der Waals surface area contributed by atoms with Crippen LogP contribution in [0, 0.1) is 45.3 Å². The molecule has 0 spiro atoms. The summed E-state index contributed by atoms with van der Waals surface area (Å²) in [5.41, 5.74) is -1.05. The second-order valence-electron chi connectivity index (χ2n) is 16.9. The first-order valence-corrected chi connectivity index (χ1v) is 17.5. The molecule has 46 heavy (non-hydrogen) atoms. The van der Waals surface area contributed by atoms with Crippen LogP contribution >= 0.6 is 0 Å². The third-order valence-corrected chi connectivity index (χ3v) is 14.0. The highest BCUT2D eigenvalue weighted by atomic mass is 16.7. The summed E-state index contributed by atoms with van der Waals surface area (Å²) in [5.74, 6) is 0.534. The van der Waals surface area contributed by atoms with E-state index in [0.29, 0.717) is 31.1 Å². The smallest absolute Gasteiger partial charge is 0.187 e. The quantitative estimate of drug-likeness (QED) is 0.185. The molecule has 9 heteroatoms. The first kappa shape index (κ1) is 36.1. The van der Waals surface area contributed by atoms with Crippen molar-refractivity contribution in [3.63, 3.8) is 0 Å². The van der Waals surface area contributed by atoms with Gasteiger partial charge in [-0.3, -0.25) is 0 Å². The third-order valence-electron chi connectivity index (χ3n) is 14.0. The molecule has 14 atom stereocenters. The Hall–Kier alpha value is -1.17. The number of carbonyl (C=O) groups is 1. The van der Waals surface area contributed by atoms with E-state index in [1.54, 1.807) is 7.11 Å². The lowest BCUT2D eigenvalue weighted by molar-refractivity contribution is -0.321. The van der Waals surface area contributed by atoms with Gasteiger partial charge in [-0.25, -0.2) is 0 Å². The van der Waals surface area contributed by atoms with Crippen molar-refractivity contribution in [2.24, 2.45) is 45.3 Å². The maximum absolute atomic E-state index is 13.7. The zero-order valence-electron chi connectivity index (χ0n) is 29.2. The average molecular weight is 649 g/mol. The number of allylic oxidation sites excluding steroid dienone is 1. The fourth-order valence-corrected chi connectivity index (χ4v) is 10.8. The summed E-state index contributed by atoms with van der Waals surface area (Å²) in [6.07, 6.45) is 5.19. The fourth-order valence-electron chi connectivity index (χ4n) is 10.8. The van der Waals surface area contributed by atoms with Gasteiger partial charge >= 0.3 is 0 Å². The van der Waals surface area contributed by atoms with Crippen LogP contribution in [-0.2, 0) is 19.0 Å². The largest absolute Gasteiger partial charge is 0.394 e. The zero-order valence-corrected chi connectivity index (χ0v) is 29.2. The molecule has 5 rings (SSSR count). The molecule has 0 amide bonds. The third kappa shape index (κ3) is 5.49. The molecule has 5 N–H and O–H groups in total. The fraction of sp³-hybridized carbons (Fsp3) is 0.865. The molecule has 0 bridgehead atoms. The van der Waals surface area contributed by atoms with Crippen molar-refractivity contribution in [2.45, 2.75) is 142 Å². The number of fused-ring (bicyclic) bond motifs is 5. The van der Waals surface area contributed by atoms with Gasteiger partial charge in [-0.2, -0.15) is 0 Å². The first-order chi connectivity index (χ1) is 21.4. The number of aliphatic hydroxyl groups excluding tert-OH is 5. The summed E-state index contributed by atoms with van der Waals surface area (Å²) in [7, 11) is 1.72. The minimum absolute atomic E-state index is 0.0416. The van der Waals surface area contributed by atoms with Crippen LogP contribution in [0.3, 0.4) is 0 Å². The van der Waals surface area contributed by atoms with E-state index in [4.69, 9.17) is 14.2 Å². The molecule has 1 aliphatic heterocycles. The lowest BCUT2D eigenvalue weighted by atomic mass is 9.38. The van der Waals surface area contributed by atoms with Crippen LogP contribution in [0.4, 0.5) is 0 Å². The molecule has 262 valence electrons. The number of hydrogen-bond acceptors (Lipinski definition) is 9. The molecule has 1 saturated heterocycles. The van der Waals surface area contributed by atoms with Gasteiger partial charge in [0.25, 0.3) is 0 Å². The molecule has 9 nitrogen and oxygen atoms in total. The summed E-state index contributed by atoms with van der Waals surface area (Å²) in [6.45, 7) is 14.7. The molecular weight excluding hydrogens is 588 g/mol. The highest BCUT2D eigenvalue weighted by Crippen LogP contribution is 2.75. The summed E-state index contributed by atoms with van der Waals surface area (Å²) in [6, 6.07) is 0. The Labute approximate surface area is 275 Å². The highest BCUT2D eigenvalue weighted by Gasteiger charge is 2.71. The number of ether oxygens (including phenoxy) is 3. The van der Waals surface area contributed by atoms with E-state index in [-0.39, 0.29) is 28.3 Å². The second kappa shape index (κ2) is 12.6. The Morgan fingerprint density at radius 2 is 1.70 bits per heavy atom. The normalized spacial score (nSPS) is 47.9. The maximum Gasteiger partial charge on any atom is 0.187 e. The molecule has 4 aliphatic carbocycles. The summed E-state index contributed by atoms with van der Waals surface area (Å²) < 4.78 is 18.2. The van der Waals surface area contributed by atoms with Gasteiger partial charge < -0.3 is 44.5 Å². The molecule has 5 aliphatic rings. The lowest BCUT2D eigenvalue weighted by Crippen LogP contribution is -2.66. The molecule has 0 unspecified atom stereocenters. The molecule has 0 radical (unpaired) electrons. The van der Waals surface area contributed by atoms with Crippen molar-refractivity contribution < 1.29 is 44.5 Å². The summed E-state index contributed by atoms with van der Waals surface area (Å²) in [5, 5.41) is 53.1. The van der Waals surface area contributed by atoms with Crippen LogP contribution in [-0.4, -0.2) is 94.1 Å². The minimum Gasteiger partial charge on any atom is -0.394 e. The molecule has 0 aromatic heterocycles. The van der Waals surface area contributed by atoms with Gasteiger partial charge in [0.05, 0.1) is 24.4 Å². The number of carbonyl (C=O) groups excluding carboxylic acids is 1. The molecule has 0 aromatic rings. The van der Waals surface area contributed by atoms with Crippen molar-refractivity contribution >= 4 is 6.29 Å². The van der Waals surface area contributed by atoms with Crippen LogP contribution < -0.4 is 0 Å². The van der Waals surface area contributed by atoms with Gasteiger partial charge in [0.2, 0.25) is 0 Å². The Bertz CT molecular complexity index is 1180. The Morgan fingerprint density at radius 3 is 2.33 bits per heavy atom. The first-order valence-electron chi connectivity index (χ1n) is 17.5. The Morgan fingerprint density at radius 1 is 1.00 bits per heavy atom. The van der Waals surface area contributed by atoms with Crippen LogP contribution in [0.15, 0.2) is 23.8 Å². The highest BCUT2D eigenvalue weighted by molar-refractivity contribution is 5.65. The predicted octanol–water partition coefficient (Wildman–Crippen LogP) is 3.93. The Kier molecular flexibility index (Phi) is 9.91. The number of aliphatic hydroxyl groups is 5. The van der Waals surface area contributed by atoms with Crippen molar-refractivity contribution in [3.05, 3.63) is 23.8 Å². The van der Waals surface area contributed by atoms with Crippen molar-refractivity contribution in [1.82, 2.24) is 0 Å². The topological polar surface area (TPSA) is 146 Å². The molecule has 3 saturated carbocycles. The number of methoxy groups -OCH3 is 1. The molecule has 1 heterocycles. The number of aldehydes is 1. The zero-order chi connectivity index (χ0) is 34.0. The van der Waals surface area contributed by atoms with E-state index in [1.807, 2.05) is 27.7 Å². The monoisotopic (exact) mass is 648 g/mol. The summed E-state index contributed by atoms with van der Waals surface area (Å²) >= 11 is 0. The second-order valence-corrected chi connectivity index (χ2v) is 16.9. The predicted molar refractivity (Wildman–Crippen MR) is 173 cm³/mol. The minimum atomic E-state index is -1.57. The van der Waals surface area contributed by atoms with Crippen LogP contribution in [0.2, 0.25) is 0 Å². The Balaban J connectivity index is 1.57. The van der Waals surface area contributed by atoms with E-state index < -0.39 is 60.4 Å². The standard InChI is InChI=1S/C37H60O9/c1-21(10-9-14-33(2,3)44-8)22-13-15-36(7)31-25(45-32-30(43)29(42)28(41)26(19-38)46-32)18-24-23(11-12-27(40)34(24,4)5)37(31,20-39)17-16-35(22,36)6/h9,14,18,20-23,25-32,38,40-43H,10-13,15-17,19H2,1-8H3/b14-9+/t21-,22-,23-,25+,26-,27+,28-,29+,30-,31+,32-,35-,36+,37-/m1/s1. The molecular formula is C37H60O9. The van der Waals surface area contributed by atoms with Crippen LogP contribution in [0.1, 0.15) is 93.4 Å². The van der Waals surface area contributed by atoms with Gasteiger partial charge in [-0.1, -0.05) is 58.4 Å². The van der Waals surface area contributed by atoms with Gasteiger partial charge in [-0.15, -0.1) is 0 Å². The number of hydrogen-bond donors (Lipinski definition) is 5. The van der Waals surface area contributed by atoms with Crippen molar-refractivity contribution in [1.29, 1.82) is 0 Å². The van der Waals surface area contributed by atoms with Gasteiger partial charge in [0.15, 0.2) is 6.29 Å². The van der Waals surface area contributed by atoms with Gasteiger partial charge in [0.1, 0.15) is 30.7 Å². The van der Waals surface area contributed by atoms with E-state index in [9.17, 15) is 30.3 Å². The van der Waals surface area contributed by atoms with Crippen LogP contribution in [0.5, 0.6) is 0 Å². The SMILES string of the molecule is COC(C)(C)/C=C/C[C@@H](C)[C@H]1CC[C@@]2(C)[C@@H]3[C@@H](O[C@@H]4O[C@H](CO)[C@@H](O)[C@H](O)[C@H]4O)C=C4[C@@H](CC[C@H](O)C4(C)C)[C@]3(C=O)CC[C@]12C. The maximum atomic E-state index is 13.7. The summed E-state index contributed by atoms with van der Waals surface area (Å²) in [4.78, 5) is 13.7. The van der Waals surface area contributed by atoms with E-state index in [1.165, 1.54) is 6.29 Å². The molecule has 0 aromatic carbocycles. The molecule has 4 fully saturated rings.